The lowest BCUT2D eigenvalue weighted by atomic mass is 10.1. The van der Waals surface area contributed by atoms with Gasteiger partial charge in [-0.2, -0.15) is 0 Å². The molecule has 4 nitrogen and oxygen atoms in total. The average Bonchev–Trinajstić information content (AvgIpc) is 2.43. The van der Waals surface area contributed by atoms with Crippen molar-refractivity contribution in [2.45, 2.75) is 19.8 Å². The van der Waals surface area contributed by atoms with Crippen molar-refractivity contribution in [2.24, 2.45) is 0 Å². The molecule has 0 aliphatic rings. The molecule has 0 radical (unpaired) electrons. The van der Waals surface area contributed by atoms with Gasteiger partial charge in [-0.3, -0.25) is 9.00 Å². The molecule has 0 saturated carbocycles. The molecule has 1 aromatic rings. The molecule has 21 heavy (non-hydrogen) atoms. The summed E-state index contributed by atoms with van der Waals surface area (Å²) < 4.78 is 10.9. The summed E-state index contributed by atoms with van der Waals surface area (Å²) >= 11 is 0. The number of benzene rings is 1. The van der Waals surface area contributed by atoms with Gasteiger partial charge in [0, 0.05) is 46.9 Å². The summed E-state index contributed by atoms with van der Waals surface area (Å²) in [6.45, 7) is 2.46. The van der Waals surface area contributed by atoms with Crippen LogP contribution >= 0.6 is 0 Å². The number of nitrogens with one attached hydrogen (secondary N) is 1. The maximum atomic E-state index is 12.0. The molecule has 5 heteroatoms. The Kier molecular flexibility index (Phi) is 7.73. The Morgan fingerprint density at radius 3 is 2.81 bits per heavy atom. The van der Waals surface area contributed by atoms with E-state index in [4.69, 9.17) is 5.11 Å². The van der Waals surface area contributed by atoms with Crippen LogP contribution in [-0.4, -0.2) is 40.4 Å². The standard InChI is InChI=1S/C16H21NO3S/c1-13-10-14(6-3-4-8-18)12-15(11-13)16(19)17-7-5-9-21(2)20/h10-12,18H,4-5,7-9H2,1-2H3,(H,17,19). The summed E-state index contributed by atoms with van der Waals surface area (Å²) in [5.41, 5.74) is 2.30. The first-order chi connectivity index (χ1) is 10.0. The number of carbonyl (C=O) groups excluding carboxylic acids is 1. The molecule has 1 rings (SSSR count). The Bertz CT molecular complexity index is 573. The molecule has 1 unspecified atom stereocenters. The van der Waals surface area contributed by atoms with Crippen molar-refractivity contribution in [3.8, 4) is 11.8 Å². The highest BCUT2D eigenvalue weighted by Gasteiger charge is 2.06. The van der Waals surface area contributed by atoms with Crippen LogP contribution in [0.15, 0.2) is 18.2 Å². The molecule has 0 heterocycles. The van der Waals surface area contributed by atoms with Crippen molar-refractivity contribution in [3.63, 3.8) is 0 Å². The molecule has 0 spiro atoms. The topological polar surface area (TPSA) is 66.4 Å². The van der Waals surface area contributed by atoms with E-state index in [0.29, 0.717) is 30.7 Å². The van der Waals surface area contributed by atoms with Gasteiger partial charge in [0.15, 0.2) is 0 Å². The van der Waals surface area contributed by atoms with Crippen LogP contribution in [0.1, 0.15) is 34.3 Å². The number of hydrogen-bond acceptors (Lipinski definition) is 3. The molecule has 2 N–H and O–H groups in total. The predicted molar refractivity (Wildman–Crippen MR) is 85.6 cm³/mol. The fraction of sp³-hybridized carbons (Fsp3) is 0.438. The Hall–Kier alpha value is -1.64. The molecule has 0 fully saturated rings. The summed E-state index contributed by atoms with van der Waals surface area (Å²) in [7, 11) is -0.827. The van der Waals surface area contributed by atoms with Crippen molar-refractivity contribution in [1.29, 1.82) is 0 Å². The van der Waals surface area contributed by atoms with E-state index in [1.807, 2.05) is 19.1 Å². The summed E-state index contributed by atoms with van der Waals surface area (Å²) in [4.78, 5) is 12.0. The van der Waals surface area contributed by atoms with Crippen LogP contribution in [0, 0.1) is 18.8 Å². The van der Waals surface area contributed by atoms with E-state index >= 15 is 0 Å². The van der Waals surface area contributed by atoms with Gasteiger partial charge in [-0.25, -0.2) is 0 Å². The molecule has 0 bridgehead atoms. The molecule has 114 valence electrons. The number of hydrogen-bond donors (Lipinski definition) is 2. The van der Waals surface area contributed by atoms with Gasteiger partial charge < -0.3 is 10.4 Å². The number of aliphatic hydroxyl groups excluding tert-OH is 1. The molecule has 0 aliphatic carbocycles. The summed E-state index contributed by atoms with van der Waals surface area (Å²) in [6, 6.07) is 5.45. The minimum absolute atomic E-state index is 0.0327. The Morgan fingerprint density at radius 1 is 1.38 bits per heavy atom. The van der Waals surface area contributed by atoms with E-state index in [1.54, 1.807) is 12.3 Å². The third-order valence-corrected chi connectivity index (χ3v) is 3.57. The highest BCUT2D eigenvalue weighted by molar-refractivity contribution is 7.84. The average molecular weight is 307 g/mol. The van der Waals surface area contributed by atoms with E-state index in [2.05, 4.69) is 17.2 Å². The number of carbonyl (C=O) groups is 1. The molecule has 0 saturated heterocycles. The van der Waals surface area contributed by atoms with E-state index < -0.39 is 10.8 Å². The zero-order valence-corrected chi connectivity index (χ0v) is 13.3. The monoisotopic (exact) mass is 307 g/mol. The first-order valence-corrected chi connectivity index (χ1v) is 8.55. The zero-order valence-electron chi connectivity index (χ0n) is 12.4. The third-order valence-electron chi connectivity index (χ3n) is 2.70. The van der Waals surface area contributed by atoms with E-state index in [-0.39, 0.29) is 12.5 Å². The number of amides is 1. The predicted octanol–water partition coefficient (Wildman–Crippen LogP) is 1.23. The maximum Gasteiger partial charge on any atom is 0.251 e. The highest BCUT2D eigenvalue weighted by Crippen LogP contribution is 2.09. The van der Waals surface area contributed by atoms with E-state index in [0.717, 1.165) is 11.1 Å². The van der Waals surface area contributed by atoms with Crippen molar-refractivity contribution < 1.29 is 14.1 Å². The van der Waals surface area contributed by atoms with Crippen molar-refractivity contribution in [2.75, 3.05) is 25.2 Å². The van der Waals surface area contributed by atoms with Crippen LogP contribution in [0.3, 0.4) is 0 Å². The van der Waals surface area contributed by atoms with Crippen LogP contribution in [0.4, 0.5) is 0 Å². The molecule has 1 atom stereocenters. The molecular weight excluding hydrogens is 286 g/mol. The molecule has 1 aromatic carbocycles. The van der Waals surface area contributed by atoms with E-state index in [1.165, 1.54) is 0 Å². The molecule has 0 aromatic heterocycles. The van der Waals surface area contributed by atoms with Gasteiger partial charge in [-0.05, 0) is 37.1 Å². The molecule has 0 aliphatic heterocycles. The van der Waals surface area contributed by atoms with Crippen LogP contribution in [0.2, 0.25) is 0 Å². The fourth-order valence-corrected chi connectivity index (χ4v) is 2.34. The van der Waals surface area contributed by atoms with Crippen molar-refractivity contribution >= 4 is 16.7 Å². The zero-order chi connectivity index (χ0) is 15.7. The van der Waals surface area contributed by atoms with Gasteiger partial charge in [-0.15, -0.1) is 0 Å². The normalized spacial score (nSPS) is 11.4. The van der Waals surface area contributed by atoms with Gasteiger partial charge in [0.25, 0.3) is 5.91 Å². The minimum Gasteiger partial charge on any atom is -0.395 e. The minimum atomic E-state index is -0.827. The van der Waals surface area contributed by atoms with Crippen LogP contribution < -0.4 is 5.32 Å². The SMILES string of the molecule is Cc1cc(C#CCCO)cc(C(=O)NCCCS(C)=O)c1. The highest BCUT2D eigenvalue weighted by atomic mass is 32.2. The van der Waals surface area contributed by atoms with E-state index in [9.17, 15) is 9.00 Å². The maximum absolute atomic E-state index is 12.0. The third kappa shape index (κ3) is 7.07. The van der Waals surface area contributed by atoms with Crippen molar-refractivity contribution in [3.05, 3.63) is 34.9 Å². The molecule has 1 amide bonds. The summed E-state index contributed by atoms with van der Waals surface area (Å²) in [5.74, 6) is 6.22. The lowest BCUT2D eigenvalue weighted by molar-refractivity contribution is 0.0953. The second-order valence-corrected chi connectivity index (χ2v) is 6.30. The van der Waals surface area contributed by atoms with Gasteiger partial charge in [-0.1, -0.05) is 11.8 Å². The number of aliphatic hydroxyl groups is 1. The van der Waals surface area contributed by atoms with Crippen LogP contribution in [0.25, 0.3) is 0 Å². The largest absolute Gasteiger partial charge is 0.395 e. The first-order valence-electron chi connectivity index (χ1n) is 6.82. The summed E-state index contributed by atoms with van der Waals surface area (Å²) in [6.07, 6.45) is 2.77. The lowest BCUT2D eigenvalue weighted by Crippen LogP contribution is -2.25. The second kappa shape index (κ2) is 9.32. The van der Waals surface area contributed by atoms with Gasteiger partial charge in [0.05, 0.1) is 6.61 Å². The number of aryl methyl sites for hydroxylation is 1. The molecular formula is C16H21NO3S. The van der Waals surface area contributed by atoms with Crippen molar-refractivity contribution in [1.82, 2.24) is 5.32 Å². The van der Waals surface area contributed by atoms with Gasteiger partial charge >= 0.3 is 0 Å². The lowest BCUT2D eigenvalue weighted by Gasteiger charge is -2.06. The van der Waals surface area contributed by atoms with Gasteiger partial charge in [0.2, 0.25) is 0 Å². The van der Waals surface area contributed by atoms with Crippen LogP contribution in [0.5, 0.6) is 0 Å². The van der Waals surface area contributed by atoms with Crippen LogP contribution in [-0.2, 0) is 10.8 Å². The summed E-state index contributed by atoms with van der Waals surface area (Å²) in [5, 5.41) is 11.5. The Balaban J connectivity index is 2.67. The Morgan fingerprint density at radius 2 is 2.14 bits per heavy atom. The second-order valence-electron chi connectivity index (χ2n) is 4.75. The Labute approximate surface area is 128 Å². The quantitative estimate of drug-likeness (QED) is 0.613. The first kappa shape index (κ1) is 17.4. The number of rotatable bonds is 6. The fourth-order valence-electron chi connectivity index (χ4n) is 1.79. The smallest absolute Gasteiger partial charge is 0.251 e. The van der Waals surface area contributed by atoms with Gasteiger partial charge in [0.1, 0.15) is 0 Å².